The van der Waals surface area contributed by atoms with Gasteiger partial charge in [0.05, 0.1) is 22.9 Å². The number of carbonyl (C=O) groups excluding carboxylic acids is 1. The van der Waals surface area contributed by atoms with E-state index in [0.717, 1.165) is 31.9 Å². The highest BCUT2D eigenvalue weighted by molar-refractivity contribution is 6.33. The highest BCUT2D eigenvalue weighted by Crippen LogP contribution is 2.27. The zero-order valence-electron chi connectivity index (χ0n) is 13.3. The molecule has 2 N–H and O–H groups in total. The van der Waals surface area contributed by atoms with Gasteiger partial charge in [-0.15, -0.1) is 0 Å². The predicted molar refractivity (Wildman–Crippen MR) is 96.8 cm³/mol. The highest BCUT2D eigenvalue weighted by atomic mass is 35.5. The van der Waals surface area contributed by atoms with Crippen molar-refractivity contribution in [1.29, 1.82) is 0 Å². The molecule has 1 aliphatic heterocycles. The fourth-order valence-electron chi connectivity index (χ4n) is 2.83. The van der Waals surface area contributed by atoms with Gasteiger partial charge in [-0.1, -0.05) is 35.9 Å². The number of anilines is 2. The normalized spacial score (nSPS) is 15.3. The van der Waals surface area contributed by atoms with Gasteiger partial charge in [-0.25, -0.2) is 0 Å². The number of hydrogen-bond donors (Lipinski definition) is 2. The molecule has 2 aromatic carbocycles. The molecule has 0 unspecified atom stereocenters. The Morgan fingerprint density at radius 1 is 1.04 bits per heavy atom. The summed E-state index contributed by atoms with van der Waals surface area (Å²) < 4.78 is 0. The molecule has 0 spiro atoms. The second-order valence-corrected chi connectivity index (χ2v) is 6.19. The van der Waals surface area contributed by atoms with Crippen molar-refractivity contribution in [3.05, 3.63) is 53.6 Å². The monoisotopic (exact) mass is 345 g/mol. The maximum atomic E-state index is 12.2. The van der Waals surface area contributed by atoms with Gasteiger partial charge < -0.3 is 15.3 Å². The quantitative estimate of drug-likeness (QED) is 0.894. The molecule has 0 aromatic heterocycles. The van der Waals surface area contributed by atoms with Crippen LogP contribution in [-0.2, 0) is 4.79 Å². The van der Waals surface area contributed by atoms with Gasteiger partial charge in [0.15, 0.2) is 0 Å². The van der Waals surface area contributed by atoms with E-state index in [-0.39, 0.29) is 5.91 Å². The minimum atomic E-state index is -0.0703. The maximum absolute atomic E-state index is 12.2. The number of hydrogen-bond acceptors (Lipinski definition) is 4. The molecule has 0 bridgehead atoms. The molecule has 24 heavy (non-hydrogen) atoms. The standard InChI is InChI=1S/C18H20ClN3O2/c19-14-5-1-2-6-15(14)20-18(24)13-21-9-11-22(12-10-21)16-7-3-4-8-17(16)23/h1-8,23H,9-13H2,(H,20,24). The molecule has 6 heteroatoms. The van der Waals surface area contributed by atoms with Gasteiger partial charge in [-0.3, -0.25) is 9.69 Å². The number of halogens is 1. The molecular formula is C18H20ClN3O2. The zero-order valence-corrected chi connectivity index (χ0v) is 14.0. The molecule has 5 nitrogen and oxygen atoms in total. The van der Waals surface area contributed by atoms with E-state index < -0.39 is 0 Å². The Kier molecular flexibility index (Phi) is 5.23. The van der Waals surface area contributed by atoms with Crippen LogP contribution in [0.5, 0.6) is 5.75 Å². The number of carbonyl (C=O) groups is 1. The molecule has 0 aliphatic carbocycles. The lowest BCUT2D eigenvalue weighted by molar-refractivity contribution is -0.117. The van der Waals surface area contributed by atoms with Crippen LogP contribution in [0.3, 0.4) is 0 Å². The smallest absolute Gasteiger partial charge is 0.238 e. The van der Waals surface area contributed by atoms with Gasteiger partial charge in [-0.05, 0) is 24.3 Å². The first-order chi connectivity index (χ1) is 11.6. The molecule has 1 heterocycles. The second-order valence-electron chi connectivity index (χ2n) is 5.78. The van der Waals surface area contributed by atoms with Gasteiger partial charge in [-0.2, -0.15) is 0 Å². The molecule has 1 saturated heterocycles. The lowest BCUT2D eigenvalue weighted by atomic mass is 10.2. The number of rotatable bonds is 4. The average molecular weight is 346 g/mol. The van der Waals surface area contributed by atoms with Crippen LogP contribution in [0.4, 0.5) is 11.4 Å². The van der Waals surface area contributed by atoms with E-state index in [4.69, 9.17) is 11.6 Å². The summed E-state index contributed by atoms with van der Waals surface area (Å²) in [7, 11) is 0. The fourth-order valence-corrected chi connectivity index (χ4v) is 3.02. The summed E-state index contributed by atoms with van der Waals surface area (Å²) >= 11 is 6.05. The molecule has 3 rings (SSSR count). The Labute approximate surface area is 146 Å². The second kappa shape index (κ2) is 7.55. The van der Waals surface area contributed by atoms with Gasteiger partial charge in [0.25, 0.3) is 0 Å². The molecule has 0 saturated carbocycles. The third-order valence-corrected chi connectivity index (χ3v) is 4.44. The van der Waals surface area contributed by atoms with Crippen LogP contribution in [0.15, 0.2) is 48.5 Å². The summed E-state index contributed by atoms with van der Waals surface area (Å²) in [4.78, 5) is 16.4. The minimum absolute atomic E-state index is 0.0703. The summed E-state index contributed by atoms with van der Waals surface area (Å²) in [6.07, 6.45) is 0. The topological polar surface area (TPSA) is 55.8 Å². The van der Waals surface area contributed by atoms with Crippen LogP contribution >= 0.6 is 11.6 Å². The fraction of sp³-hybridized carbons (Fsp3) is 0.278. The van der Waals surface area contributed by atoms with Crippen LogP contribution in [0.1, 0.15) is 0 Å². The van der Waals surface area contributed by atoms with Crippen LogP contribution in [0, 0.1) is 0 Å². The summed E-state index contributed by atoms with van der Waals surface area (Å²) in [6, 6.07) is 14.5. The number of benzene rings is 2. The van der Waals surface area contributed by atoms with Crippen molar-refractivity contribution < 1.29 is 9.90 Å². The van der Waals surface area contributed by atoms with Crippen molar-refractivity contribution in [3.63, 3.8) is 0 Å². The number of nitrogens with zero attached hydrogens (tertiary/aromatic N) is 2. The lowest BCUT2D eigenvalue weighted by Gasteiger charge is -2.35. The summed E-state index contributed by atoms with van der Waals surface area (Å²) in [5.41, 5.74) is 1.48. The van der Waals surface area contributed by atoms with Crippen molar-refractivity contribution in [2.24, 2.45) is 0 Å². The van der Waals surface area contributed by atoms with E-state index in [2.05, 4.69) is 15.1 Å². The lowest BCUT2D eigenvalue weighted by Crippen LogP contribution is -2.48. The highest BCUT2D eigenvalue weighted by Gasteiger charge is 2.20. The summed E-state index contributed by atoms with van der Waals surface area (Å²) in [5.74, 6) is 0.224. The molecule has 126 valence electrons. The van der Waals surface area contributed by atoms with E-state index >= 15 is 0 Å². The zero-order chi connectivity index (χ0) is 16.9. The maximum Gasteiger partial charge on any atom is 0.238 e. The van der Waals surface area contributed by atoms with Crippen LogP contribution in [0.2, 0.25) is 5.02 Å². The van der Waals surface area contributed by atoms with E-state index in [1.54, 1.807) is 18.2 Å². The minimum Gasteiger partial charge on any atom is -0.506 e. The molecule has 1 fully saturated rings. The summed E-state index contributed by atoms with van der Waals surface area (Å²) in [5, 5.41) is 13.3. The molecular weight excluding hydrogens is 326 g/mol. The summed E-state index contributed by atoms with van der Waals surface area (Å²) in [6.45, 7) is 3.42. The number of aromatic hydroxyl groups is 1. The predicted octanol–water partition coefficient (Wildman–Crippen LogP) is 2.81. The number of phenols is 1. The van der Waals surface area contributed by atoms with Crippen LogP contribution in [0.25, 0.3) is 0 Å². The number of piperazine rings is 1. The van der Waals surface area contributed by atoms with E-state index in [1.807, 2.05) is 30.3 Å². The first-order valence-electron chi connectivity index (χ1n) is 7.93. The molecule has 2 aromatic rings. The van der Waals surface area contributed by atoms with Crippen molar-refractivity contribution >= 4 is 28.9 Å². The van der Waals surface area contributed by atoms with Crippen LogP contribution in [-0.4, -0.2) is 48.6 Å². The molecule has 0 atom stereocenters. The first-order valence-corrected chi connectivity index (χ1v) is 8.31. The van der Waals surface area contributed by atoms with E-state index in [0.29, 0.717) is 23.0 Å². The van der Waals surface area contributed by atoms with Gasteiger partial charge in [0.2, 0.25) is 5.91 Å². The third-order valence-electron chi connectivity index (χ3n) is 4.11. The number of para-hydroxylation sites is 3. The SMILES string of the molecule is O=C(CN1CCN(c2ccccc2O)CC1)Nc1ccccc1Cl. The Morgan fingerprint density at radius 3 is 2.42 bits per heavy atom. The van der Waals surface area contributed by atoms with Crippen molar-refractivity contribution in [2.45, 2.75) is 0 Å². The molecule has 1 aliphatic rings. The number of amides is 1. The molecule has 0 radical (unpaired) electrons. The van der Waals surface area contributed by atoms with Crippen molar-refractivity contribution in [2.75, 3.05) is 42.9 Å². The van der Waals surface area contributed by atoms with Gasteiger partial charge in [0, 0.05) is 26.2 Å². The number of nitrogens with one attached hydrogen (secondary N) is 1. The van der Waals surface area contributed by atoms with Gasteiger partial charge in [0.1, 0.15) is 5.75 Å². The van der Waals surface area contributed by atoms with Gasteiger partial charge >= 0.3 is 0 Å². The Hall–Kier alpha value is -2.24. The van der Waals surface area contributed by atoms with Crippen molar-refractivity contribution in [1.82, 2.24) is 4.90 Å². The van der Waals surface area contributed by atoms with E-state index in [9.17, 15) is 9.90 Å². The average Bonchev–Trinajstić information content (AvgIpc) is 2.58. The van der Waals surface area contributed by atoms with Crippen molar-refractivity contribution in [3.8, 4) is 5.75 Å². The van der Waals surface area contributed by atoms with E-state index in [1.165, 1.54) is 0 Å². The first kappa shape index (κ1) is 16.6. The largest absolute Gasteiger partial charge is 0.506 e. The van der Waals surface area contributed by atoms with Crippen LogP contribution < -0.4 is 10.2 Å². The Morgan fingerprint density at radius 2 is 1.71 bits per heavy atom. The Balaban J connectivity index is 1.51. The molecule has 1 amide bonds. The Bertz CT molecular complexity index is 715. The number of phenolic OH excluding ortho intramolecular Hbond substituents is 1. The third kappa shape index (κ3) is 3.99.